The molecule has 0 saturated heterocycles. The fourth-order valence-electron chi connectivity index (χ4n) is 1.69. The maximum Gasteiger partial charge on any atom is 0.231 e. The van der Waals surface area contributed by atoms with Crippen LogP contribution in [0, 0.1) is 0 Å². The van der Waals surface area contributed by atoms with Gasteiger partial charge in [-0.15, -0.1) is 0 Å². The minimum absolute atomic E-state index is 0.301. The second-order valence-corrected chi connectivity index (χ2v) is 3.33. The number of likely N-dealkylation sites (N-methyl/N-ethyl adjacent to an activating group) is 1. The van der Waals surface area contributed by atoms with Crippen LogP contribution in [0.3, 0.4) is 0 Å². The van der Waals surface area contributed by atoms with Gasteiger partial charge >= 0.3 is 0 Å². The molecule has 0 saturated carbocycles. The fraction of sp³-hybridized carbons (Fsp3) is 0.455. The van der Waals surface area contributed by atoms with Gasteiger partial charge in [-0.05, 0) is 32.1 Å². The van der Waals surface area contributed by atoms with Crippen molar-refractivity contribution in [2.24, 2.45) is 0 Å². The molecule has 0 aliphatic carbocycles. The third-order valence-corrected chi connectivity index (χ3v) is 2.44. The highest BCUT2D eigenvalue weighted by Crippen LogP contribution is 2.40. The molecule has 1 N–H and O–H groups in total. The molecule has 1 aromatic rings. The minimum atomic E-state index is 0.301. The SMILES string of the molecule is CNCCc1c(OC)ccc2c1OCO2. The lowest BCUT2D eigenvalue weighted by molar-refractivity contribution is 0.173. The molecule has 0 spiro atoms. The number of hydrogen-bond acceptors (Lipinski definition) is 4. The van der Waals surface area contributed by atoms with E-state index in [1.54, 1.807) is 7.11 Å². The van der Waals surface area contributed by atoms with E-state index in [0.717, 1.165) is 35.8 Å². The minimum Gasteiger partial charge on any atom is -0.496 e. The van der Waals surface area contributed by atoms with Gasteiger partial charge in [0, 0.05) is 5.56 Å². The van der Waals surface area contributed by atoms with Gasteiger partial charge in [-0.3, -0.25) is 0 Å². The predicted octanol–water partition coefficient (Wildman–Crippen LogP) is 1.19. The summed E-state index contributed by atoms with van der Waals surface area (Å²) < 4.78 is 16.1. The lowest BCUT2D eigenvalue weighted by Gasteiger charge is -2.10. The zero-order chi connectivity index (χ0) is 10.7. The molecule has 1 aliphatic heterocycles. The molecule has 2 rings (SSSR count). The van der Waals surface area contributed by atoms with E-state index in [0.29, 0.717) is 6.79 Å². The van der Waals surface area contributed by atoms with Crippen LogP contribution in [0.2, 0.25) is 0 Å². The van der Waals surface area contributed by atoms with Gasteiger partial charge in [0.2, 0.25) is 6.79 Å². The van der Waals surface area contributed by atoms with Crippen LogP contribution in [0.5, 0.6) is 17.2 Å². The van der Waals surface area contributed by atoms with Gasteiger partial charge in [0.25, 0.3) is 0 Å². The van der Waals surface area contributed by atoms with E-state index in [-0.39, 0.29) is 0 Å². The van der Waals surface area contributed by atoms with Crippen LogP contribution >= 0.6 is 0 Å². The molecule has 0 amide bonds. The van der Waals surface area contributed by atoms with Crippen molar-refractivity contribution in [1.29, 1.82) is 0 Å². The van der Waals surface area contributed by atoms with Crippen LogP contribution in [0.4, 0.5) is 0 Å². The van der Waals surface area contributed by atoms with Crippen LogP contribution in [0.15, 0.2) is 12.1 Å². The first-order valence-corrected chi connectivity index (χ1v) is 4.97. The molecule has 1 aromatic carbocycles. The average molecular weight is 209 g/mol. The molecule has 0 radical (unpaired) electrons. The molecular weight excluding hydrogens is 194 g/mol. The number of benzene rings is 1. The molecular formula is C11H15NO3. The van der Waals surface area contributed by atoms with Crippen LogP contribution in [0.25, 0.3) is 0 Å². The topological polar surface area (TPSA) is 39.7 Å². The van der Waals surface area contributed by atoms with Gasteiger partial charge in [0.05, 0.1) is 7.11 Å². The summed E-state index contributed by atoms with van der Waals surface area (Å²) in [6, 6.07) is 3.79. The van der Waals surface area contributed by atoms with E-state index in [9.17, 15) is 0 Å². The number of methoxy groups -OCH3 is 1. The summed E-state index contributed by atoms with van der Waals surface area (Å²) in [7, 11) is 3.59. The van der Waals surface area contributed by atoms with Crippen molar-refractivity contribution in [2.45, 2.75) is 6.42 Å². The zero-order valence-electron chi connectivity index (χ0n) is 9.00. The van der Waals surface area contributed by atoms with Gasteiger partial charge in [-0.1, -0.05) is 0 Å². The Balaban J connectivity index is 2.34. The Morgan fingerprint density at radius 2 is 2.27 bits per heavy atom. The largest absolute Gasteiger partial charge is 0.496 e. The Kier molecular flexibility index (Phi) is 2.97. The van der Waals surface area contributed by atoms with Crippen molar-refractivity contribution in [3.63, 3.8) is 0 Å². The van der Waals surface area contributed by atoms with Crippen molar-refractivity contribution in [2.75, 3.05) is 27.5 Å². The quantitative estimate of drug-likeness (QED) is 0.808. The van der Waals surface area contributed by atoms with Gasteiger partial charge in [-0.25, -0.2) is 0 Å². The second kappa shape index (κ2) is 4.40. The van der Waals surface area contributed by atoms with E-state index in [4.69, 9.17) is 14.2 Å². The lowest BCUT2D eigenvalue weighted by Crippen LogP contribution is -2.11. The Hall–Kier alpha value is -1.42. The molecule has 1 aliphatic rings. The highest BCUT2D eigenvalue weighted by Gasteiger charge is 2.20. The van der Waals surface area contributed by atoms with Crippen molar-refractivity contribution in [1.82, 2.24) is 5.32 Å². The monoisotopic (exact) mass is 209 g/mol. The van der Waals surface area contributed by atoms with E-state index in [1.807, 2.05) is 19.2 Å². The summed E-state index contributed by atoms with van der Waals surface area (Å²) in [6.45, 7) is 1.19. The maximum atomic E-state index is 5.44. The van der Waals surface area contributed by atoms with Crippen molar-refractivity contribution in [3.8, 4) is 17.2 Å². The van der Waals surface area contributed by atoms with Crippen molar-refractivity contribution < 1.29 is 14.2 Å². The molecule has 0 unspecified atom stereocenters. The third-order valence-electron chi connectivity index (χ3n) is 2.44. The van der Waals surface area contributed by atoms with Crippen LogP contribution in [-0.2, 0) is 6.42 Å². The van der Waals surface area contributed by atoms with Crippen molar-refractivity contribution in [3.05, 3.63) is 17.7 Å². The van der Waals surface area contributed by atoms with Gasteiger partial charge in [-0.2, -0.15) is 0 Å². The second-order valence-electron chi connectivity index (χ2n) is 3.33. The summed E-state index contributed by atoms with van der Waals surface area (Å²) in [6.07, 6.45) is 0.867. The number of rotatable bonds is 4. The van der Waals surface area contributed by atoms with E-state index in [1.165, 1.54) is 0 Å². The van der Waals surface area contributed by atoms with Crippen LogP contribution < -0.4 is 19.5 Å². The summed E-state index contributed by atoms with van der Waals surface area (Å²) in [5.41, 5.74) is 1.07. The van der Waals surface area contributed by atoms with Gasteiger partial charge in [0.15, 0.2) is 11.5 Å². The number of ether oxygens (including phenoxy) is 3. The molecule has 82 valence electrons. The molecule has 15 heavy (non-hydrogen) atoms. The summed E-state index contributed by atoms with van der Waals surface area (Å²) in [5.74, 6) is 2.49. The Morgan fingerprint density at radius 3 is 3.00 bits per heavy atom. The fourth-order valence-corrected chi connectivity index (χ4v) is 1.69. The molecule has 4 heteroatoms. The van der Waals surface area contributed by atoms with Gasteiger partial charge < -0.3 is 19.5 Å². The molecule has 0 bridgehead atoms. The third kappa shape index (κ3) is 1.85. The van der Waals surface area contributed by atoms with E-state index < -0.39 is 0 Å². The normalized spacial score (nSPS) is 12.9. The Bertz CT molecular complexity index is 352. The van der Waals surface area contributed by atoms with Crippen molar-refractivity contribution >= 4 is 0 Å². The highest BCUT2D eigenvalue weighted by molar-refractivity contribution is 5.55. The number of fused-ring (bicyclic) bond motifs is 1. The summed E-state index contributed by atoms with van der Waals surface area (Å²) in [4.78, 5) is 0. The Labute approximate surface area is 89.1 Å². The van der Waals surface area contributed by atoms with Crippen LogP contribution in [0.1, 0.15) is 5.56 Å². The standard InChI is InChI=1S/C11H15NO3/c1-12-6-5-8-9(13-2)3-4-10-11(8)15-7-14-10/h3-4,12H,5-7H2,1-2H3. The first kappa shape index (κ1) is 10.1. The molecule has 0 atom stereocenters. The van der Waals surface area contributed by atoms with E-state index in [2.05, 4.69) is 5.32 Å². The van der Waals surface area contributed by atoms with Gasteiger partial charge in [0.1, 0.15) is 5.75 Å². The summed E-state index contributed by atoms with van der Waals surface area (Å²) >= 11 is 0. The zero-order valence-corrected chi connectivity index (χ0v) is 9.00. The highest BCUT2D eigenvalue weighted by atomic mass is 16.7. The predicted molar refractivity (Wildman–Crippen MR) is 56.7 cm³/mol. The van der Waals surface area contributed by atoms with Crippen LogP contribution in [-0.4, -0.2) is 27.5 Å². The average Bonchev–Trinajstić information content (AvgIpc) is 2.73. The molecule has 0 fully saturated rings. The Morgan fingerprint density at radius 1 is 1.40 bits per heavy atom. The molecule has 4 nitrogen and oxygen atoms in total. The summed E-state index contributed by atoms with van der Waals surface area (Å²) in [5, 5.41) is 3.11. The van der Waals surface area contributed by atoms with E-state index >= 15 is 0 Å². The smallest absolute Gasteiger partial charge is 0.231 e. The number of nitrogens with one attached hydrogen (secondary N) is 1. The first-order valence-electron chi connectivity index (χ1n) is 4.97. The molecule has 0 aromatic heterocycles. The molecule has 1 heterocycles. The number of hydrogen-bond donors (Lipinski definition) is 1. The first-order chi connectivity index (χ1) is 7.36. The maximum absolute atomic E-state index is 5.44. The lowest BCUT2D eigenvalue weighted by atomic mass is 10.1.